The Kier molecular flexibility index (Phi) is 5.50. The van der Waals surface area contributed by atoms with Crippen LogP contribution in [0.2, 0.25) is 0 Å². The van der Waals surface area contributed by atoms with E-state index in [0.29, 0.717) is 17.2 Å². The number of pyridine rings is 1. The van der Waals surface area contributed by atoms with Crippen LogP contribution in [0.4, 0.5) is 13.2 Å². The van der Waals surface area contributed by atoms with E-state index < -0.39 is 11.6 Å². The first-order chi connectivity index (χ1) is 17.9. The number of rotatable bonds is 4. The fourth-order valence-electron chi connectivity index (χ4n) is 5.77. The van der Waals surface area contributed by atoms with Gasteiger partial charge in [-0.25, -0.2) is 0 Å². The molecule has 0 saturated heterocycles. The Morgan fingerprint density at radius 2 is 1.68 bits per heavy atom. The molecule has 0 amide bonds. The van der Waals surface area contributed by atoms with E-state index in [1.165, 1.54) is 19.4 Å². The third-order valence-electron chi connectivity index (χ3n) is 7.79. The van der Waals surface area contributed by atoms with Crippen LogP contribution in [-0.4, -0.2) is 11.2 Å². The summed E-state index contributed by atoms with van der Waals surface area (Å²) in [7, 11) is 0. The minimum absolute atomic E-state index is 0.115. The summed E-state index contributed by atoms with van der Waals surface area (Å²) in [6.07, 6.45) is -1.79. The van der Waals surface area contributed by atoms with Crippen molar-refractivity contribution >= 4 is 32.3 Å². The molecule has 4 aromatic carbocycles. The molecule has 1 aliphatic heterocycles. The molecule has 1 aromatic heterocycles. The van der Waals surface area contributed by atoms with E-state index in [-0.39, 0.29) is 6.42 Å². The molecule has 0 bridgehead atoms. The summed E-state index contributed by atoms with van der Waals surface area (Å²) < 4.78 is 48.2. The lowest BCUT2D eigenvalue weighted by molar-refractivity contribution is -0.210. The Morgan fingerprint density at radius 3 is 2.42 bits per heavy atom. The van der Waals surface area contributed by atoms with Gasteiger partial charge in [-0.15, -0.1) is 0 Å². The maximum atomic E-state index is 13.8. The number of benzene rings is 4. The van der Waals surface area contributed by atoms with Gasteiger partial charge in [0, 0.05) is 17.3 Å². The predicted molar refractivity (Wildman–Crippen MR) is 149 cm³/mol. The Labute approximate surface area is 220 Å². The number of hydrogen-bond donors (Lipinski definition) is 0. The number of nitrogens with zero attached hydrogens (tertiary/aromatic N) is 1. The van der Waals surface area contributed by atoms with Gasteiger partial charge in [-0.3, -0.25) is 4.98 Å². The highest BCUT2D eigenvalue weighted by Gasteiger charge is 2.47. The molecule has 0 fully saturated rings. The Hall–Kier alpha value is -3.60. The van der Waals surface area contributed by atoms with Gasteiger partial charge in [-0.2, -0.15) is 13.2 Å². The van der Waals surface area contributed by atoms with E-state index in [0.717, 1.165) is 61.3 Å². The highest BCUT2D eigenvalue weighted by Crippen LogP contribution is 2.52. The molecule has 2 nitrogen and oxygen atoms in total. The summed E-state index contributed by atoms with van der Waals surface area (Å²) in [4.78, 5) is 4.82. The van der Waals surface area contributed by atoms with Crippen molar-refractivity contribution in [2.45, 2.75) is 53.6 Å². The van der Waals surface area contributed by atoms with Crippen LogP contribution in [0.3, 0.4) is 0 Å². The zero-order valence-corrected chi connectivity index (χ0v) is 22.3. The number of alkyl halides is 3. The van der Waals surface area contributed by atoms with Crippen LogP contribution in [0.15, 0.2) is 60.8 Å². The molecule has 0 N–H and O–H groups in total. The maximum Gasteiger partial charge on any atom is 0.394 e. The van der Waals surface area contributed by atoms with Crippen molar-refractivity contribution in [2.75, 3.05) is 0 Å². The van der Waals surface area contributed by atoms with E-state index in [1.807, 2.05) is 24.3 Å². The van der Waals surface area contributed by atoms with E-state index in [9.17, 15) is 13.2 Å². The van der Waals surface area contributed by atoms with Crippen LogP contribution in [0.1, 0.15) is 44.4 Å². The first-order valence-corrected chi connectivity index (χ1v) is 13.1. The molecule has 0 saturated carbocycles. The van der Waals surface area contributed by atoms with Crippen molar-refractivity contribution in [3.8, 4) is 22.8 Å². The van der Waals surface area contributed by atoms with Gasteiger partial charge in [-0.1, -0.05) is 69.7 Å². The van der Waals surface area contributed by atoms with Crippen LogP contribution in [-0.2, 0) is 12.8 Å². The van der Waals surface area contributed by atoms with Gasteiger partial charge in [0.05, 0.1) is 16.5 Å². The quantitative estimate of drug-likeness (QED) is 0.219. The van der Waals surface area contributed by atoms with Crippen molar-refractivity contribution in [1.29, 1.82) is 0 Å². The molecule has 5 aromatic rings. The highest BCUT2D eigenvalue weighted by atomic mass is 19.4. The first-order valence-electron chi connectivity index (χ1n) is 13.1. The Morgan fingerprint density at radius 1 is 0.895 bits per heavy atom. The lowest BCUT2D eigenvalue weighted by Crippen LogP contribution is -2.34. The number of hydrogen-bond acceptors (Lipinski definition) is 2. The largest absolute Gasteiger partial charge is 0.456 e. The third-order valence-corrected chi connectivity index (χ3v) is 7.79. The van der Waals surface area contributed by atoms with E-state index >= 15 is 0 Å². The number of ether oxygens (including phenoxy) is 1. The monoisotopic (exact) mass is 513 g/mol. The Balaban J connectivity index is 1.65. The van der Waals surface area contributed by atoms with Crippen LogP contribution in [0, 0.1) is 18.3 Å². The maximum absolute atomic E-state index is 13.8. The second kappa shape index (κ2) is 8.45. The molecule has 0 aliphatic carbocycles. The molecular weight excluding hydrogens is 483 g/mol. The van der Waals surface area contributed by atoms with Crippen molar-refractivity contribution in [2.24, 2.45) is 11.3 Å². The fourth-order valence-corrected chi connectivity index (χ4v) is 5.77. The molecule has 1 aliphatic rings. The molecule has 5 heteroatoms. The molecule has 0 radical (unpaired) electrons. The smallest absolute Gasteiger partial charge is 0.394 e. The third kappa shape index (κ3) is 3.82. The van der Waals surface area contributed by atoms with Crippen molar-refractivity contribution in [1.82, 2.24) is 4.98 Å². The van der Waals surface area contributed by atoms with Crippen molar-refractivity contribution in [3.63, 3.8) is 0 Å². The molecule has 6 rings (SSSR count). The van der Waals surface area contributed by atoms with Gasteiger partial charge in [-0.05, 0) is 76.4 Å². The average Bonchev–Trinajstić information content (AvgIpc) is 2.84. The summed E-state index contributed by atoms with van der Waals surface area (Å²) in [6, 6.07) is 18.1. The summed E-state index contributed by atoms with van der Waals surface area (Å²) in [5.41, 5.74) is 2.96. The lowest BCUT2D eigenvalue weighted by atomic mass is 9.82. The molecule has 38 heavy (non-hydrogen) atoms. The summed E-state index contributed by atoms with van der Waals surface area (Å²) in [5, 5.41) is 5.86. The summed E-state index contributed by atoms with van der Waals surface area (Å²) in [6.45, 7) is 9.00. The second-order valence-corrected chi connectivity index (χ2v) is 11.7. The van der Waals surface area contributed by atoms with Crippen LogP contribution < -0.4 is 4.74 Å². The summed E-state index contributed by atoms with van der Waals surface area (Å²) >= 11 is 0. The van der Waals surface area contributed by atoms with Gasteiger partial charge < -0.3 is 4.74 Å². The van der Waals surface area contributed by atoms with Crippen molar-refractivity contribution in [3.05, 3.63) is 77.5 Å². The normalized spacial score (nSPS) is 13.4. The minimum Gasteiger partial charge on any atom is -0.456 e. The molecule has 0 unspecified atom stereocenters. The van der Waals surface area contributed by atoms with Crippen molar-refractivity contribution < 1.29 is 17.9 Å². The predicted octanol–water partition coefficient (Wildman–Crippen LogP) is 9.95. The standard InChI is InChI=1S/C33H30F3NO/c1-18(2)13-26-22-10-9-19(3)14-21(22)15-27-30-29-24(11-12-37-30)23-8-6-7-20(17-32(4,5)33(34,35)36)25(23)16-28(29)38-31(26)27/h6-12,14-16,18H,13,17H2,1-5H3. The van der Waals surface area contributed by atoms with Gasteiger partial charge in [0.2, 0.25) is 0 Å². The topological polar surface area (TPSA) is 22.1 Å². The lowest BCUT2D eigenvalue weighted by Gasteiger charge is -2.29. The van der Waals surface area contributed by atoms with Crippen LogP contribution in [0.25, 0.3) is 43.6 Å². The first kappa shape index (κ1) is 24.7. The molecule has 0 atom stereocenters. The average molecular weight is 514 g/mol. The number of aryl methyl sites for hydroxylation is 1. The number of halogens is 3. The summed E-state index contributed by atoms with van der Waals surface area (Å²) in [5.74, 6) is 1.86. The Bertz CT molecular complexity index is 1750. The van der Waals surface area contributed by atoms with E-state index in [1.54, 1.807) is 12.3 Å². The van der Waals surface area contributed by atoms with Crippen LogP contribution >= 0.6 is 0 Å². The number of fused-ring (bicyclic) bond motifs is 5. The van der Waals surface area contributed by atoms with Gasteiger partial charge in [0.1, 0.15) is 11.5 Å². The van der Waals surface area contributed by atoms with Gasteiger partial charge >= 0.3 is 6.18 Å². The van der Waals surface area contributed by atoms with Crippen LogP contribution in [0.5, 0.6) is 11.5 Å². The highest BCUT2D eigenvalue weighted by molar-refractivity contribution is 6.17. The fraction of sp³-hybridized carbons (Fsp3) is 0.303. The SMILES string of the molecule is Cc1ccc2c(CC(C)C)c3c(cc2c1)-c1nccc2c1c(cc1c(CC(C)(C)C(F)(F)F)cccc12)O3. The molecule has 2 heterocycles. The van der Waals surface area contributed by atoms with Gasteiger partial charge in [0.15, 0.2) is 0 Å². The van der Waals surface area contributed by atoms with E-state index in [4.69, 9.17) is 9.72 Å². The number of aromatic nitrogens is 1. The second-order valence-electron chi connectivity index (χ2n) is 11.7. The van der Waals surface area contributed by atoms with E-state index in [2.05, 4.69) is 45.0 Å². The molecular formula is C33H30F3NO. The van der Waals surface area contributed by atoms with Gasteiger partial charge in [0.25, 0.3) is 0 Å². The molecule has 0 spiro atoms. The minimum atomic E-state index is -4.31. The molecule has 194 valence electrons. The zero-order valence-electron chi connectivity index (χ0n) is 22.3. The zero-order chi connectivity index (χ0) is 27.0.